The van der Waals surface area contributed by atoms with Gasteiger partial charge in [-0.1, -0.05) is 39.5 Å². The minimum atomic E-state index is -1.16. The standard InChI is InChI=1S/C10H22O7.6C3H4O2/c11-1-9(2-12,3-13)7-17-8-10(4-14,5-15)6-16;6*1-2-3(4)5/h11-16H,1-8H2;6*2H,1H2,(H,4,5). The van der Waals surface area contributed by atoms with Crippen molar-refractivity contribution in [2.24, 2.45) is 10.8 Å². The maximum Gasteiger partial charge on any atom is 0.327 e. The van der Waals surface area contributed by atoms with E-state index in [1.165, 1.54) is 0 Å². The molecule has 0 radical (unpaired) electrons. The van der Waals surface area contributed by atoms with E-state index in [1.54, 1.807) is 0 Å². The molecule has 0 fully saturated rings. The van der Waals surface area contributed by atoms with Gasteiger partial charge in [-0.15, -0.1) is 0 Å². The molecule has 19 heteroatoms. The van der Waals surface area contributed by atoms with Crippen LogP contribution in [0.3, 0.4) is 0 Å². The summed E-state index contributed by atoms with van der Waals surface area (Å²) in [6.45, 7) is 14.8. The number of carboxylic acids is 6. The molecular formula is C28H46O19. The van der Waals surface area contributed by atoms with Crippen LogP contribution in [0, 0.1) is 10.8 Å². The van der Waals surface area contributed by atoms with Crippen molar-refractivity contribution >= 4 is 35.8 Å². The van der Waals surface area contributed by atoms with Gasteiger partial charge in [0.15, 0.2) is 0 Å². The second kappa shape index (κ2) is 41.0. The third-order valence-electron chi connectivity index (χ3n) is 3.88. The van der Waals surface area contributed by atoms with Gasteiger partial charge in [0.05, 0.1) is 63.7 Å². The Balaban J connectivity index is -0.0000000884. The molecule has 12 N–H and O–H groups in total. The van der Waals surface area contributed by atoms with Crippen molar-refractivity contribution in [1.29, 1.82) is 0 Å². The lowest BCUT2D eigenvalue weighted by atomic mass is 9.91. The molecule has 0 aliphatic heterocycles. The first-order valence-electron chi connectivity index (χ1n) is 12.1. The lowest BCUT2D eigenvalue weighted by molar-refractivity contribution is -0.132. The van der Waals surface area contributed by atoms with Gasteiger partial charge in [-0.05, 0) is 0 Å². The van der Waals surface area contributed by atoms with Crippen molar-refractivity contribution in [2.75, 3.05) is 52.9 Å². The van der Waals surface area contributed by atoms with E-state index in [2.05, 4.69) is 39.5 Å². The average molecular weight is 687 g/mol. The molecule has 19 nitrogen and oxygen atoms in total. The van der Waals surface area contributed by atoms with Crippen LogP contribution in [0.25, 0.3) is 0 Å². The number of hydrogen-bond acceptors (Lipinski definition) is 13. The van der Waals surface area contributed by atoms with E-state index in [-0.39, 0.29) is 13.2 Å². The largest absolute Gasteiger partial charge is 0.478 e. The summed E-state index contributed by atoms with van der Waals surface area (Å²) < 4.78 is 5.15. The molecule has 272 valence electrons. The fraction of sp³-hybridized carbons (Fsp3) is 0.357. The molecular weight excluding hydrogens is 640 g/mol. The maximum atomic E-state index is 9.25. The normalized spacial score (nSPS) is 8.81. The SMILES string of the molecule is C=CC(=O)O.C=CC(=O)O.C=CC(=O)O.C=CC(=O)O.C=CC(=O)O.C=CC(=O)O.OCC(CO)(CO)COCC(CO)(CO)CO. The Bertz CT molecular complexity index is 756. The van der Waals surface area contributed by atoms with Gasteiger partial charge >= 0.3 is 35.8 Å². The molecule has 0 aliphatic carbocycles. The highest BCUT2D eigenvalue weighted by atomic mass is 16.5. The number of ether oxygens (including phenoxy) is 1. The molecule has 0 heterocycles. The second-order valence-corrected chi connectivity index (χ2v) is 7.70. The highest BCUT2D eigenvalue weighted by Gasteiger charge is 2.32. The van der Waals surface area contributed by atoms with Crippen LogP contribution in [-0.2, 0) is 33.5 Å². The number of aliphatic hydroxyl groups is 6. The van der Waals surface area contributed by atoms with Gasteiger partial charge in [-0.3, -0.25) is 0 Å². The second-order valence-electron chi connectivity index (χ2n) is 7.70. The summed E-state index contributed by atoms with van der Waals surface area (Å²) in [6, 6.07) is 0. The molecule has 0 aromatic carbocycles. The summed E-state index contributed by atoms with van der Waals surface area (Å²) in [5.41, 5.74) is -2.32. The quantitative estimate of drug-likeness (QED) is 0.0819. The summed E-state index contributed by atoms with van der Waals surface area (Å²) in [7, 11) is 0. The highest BCUT2D eigenvalue weighted by Crippen LogP contribution is 2.19. The van der Waals surface area contributed by atoms with Crippen molar-refractivity contribution in [3.05, 3.63) is 75.9 Å². The summed E-state index contributed by atoms with van der Waals surface area (Å²) >= 11 is 0. The predicted molar refractivity (Wildman–Crippen MR) is 165 cm³/mol. The van der Waals surface area contributed by atoms with Gasteiger partial charge in [-0.2, -0.15) is 0 Å². The van der Waals surface area contributed by atoms with Gasteiger partial charge in [0.25, 0.3) is 0 Å². The minimum absolute atomic E-state index is 0.141. The molecule has 0 spiro atoms. The molecule has 0 bridgehead atoms. The highest BCUT2D eigenvalue weighted by molar-refractivity contribution is 5.80. The number of aliphatic carboxylic acids is 6. The van der Waals surface area contributed by atoms with Crippen molar-refractivity contribution in [2.45, 2.75) is 0 Å². The molecule has 0 saturated carbocycles. The Labute approximate surface area is 270 Å². The van der Waals surface area contributed by atoms with Gasteiger partial charge < -0.3 is 66.0 Å². The minimum Gasteiger partial charge on any atom is -0.478 e. The van der Waals surface area contributed by atoms with E-state index in [1.807, 2.05) is 0 Å². The van der Waals surface area contributed by atoms with E-state index >= 15 is 0 Å². The maximum absolute atomic E-state index is 9.25. The summed E-state index contributed by atoms with van der Waals surface area (Å²) in [5, 5.41) is 99.8. The number of carboxylic acid groups (broad SMARTS) is 6. The Hall–Kier alpha value is -5.02. The number of carbonyl (C=O) groups is 6. The zero-order valence-corrected chi connectivity index (χ0v) is 25.6. The molecule has 0 rings (SSSR count). The van der Waals surface area contributed by atoms with Gasteiger partial charge in [-0.25, -0.2) is 28.8 Å². The third kappa shape index (κ3) is 57.2. The van der Waals surface area contributed by atoms with Crippen LogP contribution in [0.1, 0.15) is 0 Å². The zero-order valence-electron chi connectivity index (χ0n) is 25.6. The summed E-state index contributed by atoms with van der Waals surface area (Å²) in [5.74, 6) is -5.89. The van der Waals surface area contributed by atoms with Crippen LogP contribution < -0.4 is 0 Å². The summed E-state index contributed by atoms with van der Waals surface area (Å²) in [4.78, 5) is 55.5. The van der Waals surface area contributed by atoms with Crippen LogP contribution in [0.15, 0.2) is 75.9 Å². The van der Waals surface area contributed by atoms with E-state index in [9.17, 15) is 28.8 Å². The van der Waals surface area contributed by atoms with Crippen molar-refractivity contribution in [3.8, 4) is 0 Å². The van der Waals surface area contributed by atoms with Crippen LogP contribution in [-0.4, -0.2) is 150 Å². The molecule has 0 aromatic rings. The molecule has 47 heavy (non-hydrogen) atoms. The molecule has 0 unspecified atom stereocenters. The fourth-order valence-corrected chi connectivity index (χ4v) is 1.06. The fourth-order valence-electron chi connectivity index (χ4n) is 1.06. The third-order valence-corrected chi connectivity index (χ3v) is 3.88. The Morgan fingerprint density at radius 1 is 0.383 bits per heavy atom. The van der Waals surface area contributed by atoms with E-state index in [0.29, 0.717) is 0 Å². The molecule has 0 saturated heterocycles. The van der Waals surface area contributed by atoms with Crippen LogP contribution in [0.2, 0.25) is 0 Å². The van der Waals surface area contributed by atoms with Crippen molar-refractivity contribution in [3.63, 3.8) is 0 Å². The first kappa shape index (κ1) is 57.6. The number of rotatable bonds is 16. The van der Waals surface area contributed by atoms with Gasteiger partial charge in [0.2, 0.25) is 0 Å². The molecule has 0 aliphatic rings. The lowest BCUT2D eigenvalue weighted by Crippen LogP contribution is -2.43. The molecule has 0 aromatic heterocycles. The van der Waals surface area contributed by atoms with Crippen molar-refractivity contribution in [1.82, 2.24) is 0 Å². The van der Waals surface area contributed by atoms with E-state index in [0.717, 1.165) is 36.5 Å². The van der Waals surface area contributed by atoms with E-state index < -0.39 is 86.3 Å². The Morgan fingerprint density at radius 2 is 0.489 bits per heavy atom. The average Bonchev–Trinajstić information content (AvgIpc) is 3.06. The van der Waals surface area contributed by atoms with Crippen LogP contribution >= 0.6 is 0 Å². The van der Waals surface area contributed by atoms with Crippen LogP contribution in [0.5, 0.6) is 0 Å². The predicted octanol–water partition coefficient (Wildman–Crippen LogP) is -1.53. The molecule has 0 atom stereocenters. The number of aliphatic hydroxyl groups excluding tert-OH is 6. The Kier molecular flexibility index (Phi) is 50.2. The topological polar surface area (TPSA) is 354 Å². The zero-order chi connectivity index (χ0) is 39.1. The lowest BCUT2D eigenvalue weighted by Gasteiger charge is -2.31. The first-order chi connectivity index (χ1) is 21.7. The van der Waals surface area contributed by atoms with Crippen molar-refractivity contribution < 1.29 is 94.8 Å². The molecule has 0 amide bonds. The first-order valence-corrected chi connectivity index (χ1v) is 12.1. The smallest absolute Gasteiger partial charge is 0.327 e. The summed E-state index contributed by atoms with van der Waals surface area (Å²) in [6.07, 6.45) is 5.00. The Morgan fingerprint density at radius 3 is 0.553 bits per heavy atom. The van der Waals surface area contributed by atoms with E-state index in [4.69, 9.17) is 66.0 Å². The van der Waals surface area contributed by atoms with Crippen LogP contribution in [0.4, 0.5) is 0 Å². The monoisotopic (exact) mass is 686 g/mol. The van der Waals surface area contributed by atoms with Gasteiger partial charge in [0, 0.05) is 36.5 Å². The van der Waals surface area contributed by atoms with Gasteiger partial charge in [0.1, 0.15) is 0 Å². The number of hydrogen-bond donors (Lipinski definition) is 12.